The van der Waals surface area contributed by atoms with Gasteiger partial charge in [0.05, 0.1) is 11.6 Å². The van der Waals surface area contributed by atoms with Crippen LogP contribution < -0.4 is 16.4 Å². The average molecular weight is 518 g/mol. The van der Waals surface area contributed by atoms with Crippen molar-refractivity contribution in [2.75, 3.05) is 18.4 Å². The third-order valence-corrected chi connectivity index (χ3v) is 7.62. The number of nitrogens with one attached hydrogen (secondary N) is 3. The highest BCUT2D eigenvalue weighted by Crippen LogP contribution is 2.34. The zero-order chi connectivity index (χ0) is 25.6. The van der Waals surface area contributed by atoms with Gasteiger partial charge in [0.1, 0.15) is 0 Å². The summed E-state index contributed by atoms with van der Waals surface area (Å²) in [6.07, 6.45) is 11.3. The van der Waals surface area contributed by atoms with E-state index in [9.17, 15) is 4.79 Å². The van der Waals surface area contributed by atoms with Crippen LogP contribution in [0.5, 0.6) is 0 Å². The molecule has 1 amide bonds. The Morgan fingerprint density at radius 2 is 1.84 bits per heavy atom. The Hall–Kier alpha value is -3.09. The molecule has 0 saturated carbocycles. The van der Waals surface area contributed by atoms with Crippen molar-refractivity contribution < 1.29 is 4.79 Å². The average Bonchev–Trinajstić information content (AvgIpc) is 3.32. The summed E-state index contributed by atoms with van der Waals surface area (Å²) in [4.78, 5) is 20.6. The van der Waals surface area contributed by atoms with Gasteiger partial charge in [0.25, 0.3) is 0 Å². The number of pyridine rings is 1. The molecule has 0 bridgehead atoms. The second-order valence-electron chi connectivity index (χ2n) is 10.1. The van der Waals surface area contributed by atoms with E-state index in [2.05, 4.69) is 27.8 Å². The largest absolute Gasteiger partial charge is 0.384 e. The Morgan fingerprint density at radius 3 is 2.73 bits per heavy atom. The van der Waals surface area contributed by atoms with E-state index in [0.717, 1.165) is 77.5 Å². The van der Waals surface area contributed by atoms with Gasteiger partial charge in [-0.3, -0.25) is 9.78 Å². The van der Waals surface area contributed by atoms with E-state index < -0.39 is 6.04 Å². The van der Waals surface area contributed by atoms with Crippen LogP contribution in [0.3, 0.4) is 0 Å². The maximum atomic E-state index is 12.5. The van der Waals surface area contributed by atoms with E-state index >= 15 is 0 Å². The summed E-state index contributed by atoms with van der Waals surface area (Å²) in [5.41, 5.74) is 13.2. The molecule has 194 valence electrons. The van der Waals surface area contributed by atoms with Crippen LogP contribution in [0.2, 0.25) is 5.02 Å². The van der Waals surface area contributed by atoms with Crippen molar-refractivity contribution in [1.82, 2.24) is 15.3 Å². The topological polar surface area (TPSA) is 95.8 Å². The number of anilines is 1. The maximum absolute atomic E-state index is 12.5. The molecule has 0 unspecified atom stereocenters. The lowest BCUT2D eigenvalue weighted by molar-refractivity contribution is -0.122. The van der Waals surface area contributed by atoms with E-state index in [1.165, 1.54) is 29.8 Å². The number of hydrogen-bond donors (Lipinski definition) is 4. The summed E-state index contributed by atoms with van der Waals surface area (Å²) in [6, 6.07) is 13.6. The molecule has 0 spiro atoms. The van der Waals surface area contributed by atoms with Gasteiger partial charge in [-0.2, -0.15) is 0 Å². The molecule has 1 aliphatic carbocycles. The fourth-order valence-electron chi connectivity index (χ4n) is 5.39. The molecule has 7 heteroatoms. The molecule has 37 heavy (non-hydrogen) atoms. The number of amides is 1. The second-order valence-corrected chi connectivity index (χ2v) is 10.5. The number of hydrogen-bond acceptors (Lipinski definition) is 4. The highest BCUT2D eigenvalue weighted by molar-refractivity contribution is 6.31. The van der Waals surface area contributed by atoms with E-state index in [4.69, 9.17) is 22.3 Å². The summed E-state index contributed by atoms with van der Waals surface area (Å²) in [6.45, 7) is 1.59. The van der Waals surface area contributed by atoms with Gasteiger partial charge in [-0.25, -0.2) is 0 Å². The first-order valence-corrected chi connectivity index (χ1v) is 13.9. The van der Waals surface area contributed by atoms with Crippen molar-refractivity contribution in [3.05, 3.63) is 70.5 Å². The number of rotatable bonds is 11. The molecular weight excluding hydrogens is 482 g/mol. The lowest BCUT2D eigenvalue weighted by Gasteiger charge is -2.22. The van der Waals surface area contributed by atoms with Crippen molar-refractivity contribution in [2.45, 2.75) is 63.8 Å². The Kier molecular flexibility index (Phi) is 8.27. The fraction of sp³-hybridized carbons (Fsp3) is 0.400. The molecule has 1 atom stereocenters. The summed E-state index contributed by atoms with van der Waals surface area (Å²) < 4.78 is 0. The van der Waals surface area contributed by atoms with Gasteiger partial charge in [-0.15, -0.1) is 0 Å². The number of aromatic amines is 1. The van der Waals surface area contributed by atoms with Gasteiger partial charge in [0.2, 0.25) is 5.91 Å². The van der Waals surface area contributed by atoms with Gasteiger partial charge in [0.15, 0.2) is 0 Å². The Balaban J connectivity index is 1.03. The van der Waals surface area contributed by atoms with Crippen LogP contribution in [-0.4, -0.2) is 35.0 Å². The maximum Gasteiger partial charge on any atom is 0.237 e. The number of carbonyl (C=O) groups excluding carboxylic acids is 1. The molecule has 2 heterocycles. The molecule has 1 aliphatic rings. The number of nitrogens with two attached hydrogens (primary N) is 1. The number of unbranched alkanes of at least 4 members (excludes halogenated alkanes) is 3. The molecule has 0 radical (unpaired) electrons. The van der Waals surface area contributed by atoms with Crippen molar-refractivity contribution >= 4 is 45.0 Å². The smallest absolute Gasteiger partial charge is 0.237 e. The third-order valence-electron chi connectivity index (χ3n) is 7.38. The van der Waals surface area contributed by atoms with Crippen molar-refractivity contribution in [1.29, 1.82) is 0 Å². The number of aromatic nitrogens is 2. The molecule has 5 rings (SSSR count). The summed E-state index contributed by atoms with van der Waals surface area (Å²) >= 11 is 6.24. The number of benzene rings is 2. The zero-order valence-corrected chi connectivity index (χ0v) is 22.0. The molecule has 4 aromatic rings. The first-order chi connectivity index (χ1) is 18.1. The Labute approximate surface area is 223 Å². The monoisotopic (exact) mass is 517 g/mol. The number of fused-ring (bicyclic) bond motifs is 3. The standard InChI is InChI=1S/C30H36ClN5O/c31-21-13-14-24-28(18-21)36-27-12-6-4-10-23(27)29(24)33-15-7-1-2-8-16-34-30(37)25(32)17-20-19-35-26-11-5-3-9-22(20)26/h3,5,9,11,13-14,18-19,25,35H,1-2,4,6-8,10,12,15-17,32H2,(H,33,36)(H,34,37)/t25-/m1/s1. The lowest BCUT2D eigenvalue weighted by Crippen LogP contribution is -2.42. The van der Waals surface area contributed by atoms with Crippen LogP contribution in [0, 0.1) is 0 Å². The van der Waals surface area contributed by atoms with Crippen LogP contribution in [0.1, 0.15) is 55.3 Å². The highest BCUT2D eigenvalue weighted by Gasteiger charge is 2.18. The van der Waals surface area contributed by atoms with Gasteiger partial charge in [-0.05, 0) is 80.3 Å². The van der Waals surface area contributed by atoms with Gasteiger partial charge >= 0.3 is 0 Å². The number of para-hydroxylation sites is 1. The molecule has 2 aromatic carbocycles. The number of halogens is 1. The minimum absolute atomic E-state index is 0.0820. The Morgan fingerprint density at radius 1 is 1.03 bits per heavy atom. The van der Waals surface area contributed by atoms with E-state index in [0.29, 0.717) is 13.0 Å². The van der Waals surface area contributed by atoms with Crippen molar-refractivity contribution in [3.63, 3.8) is 0 Å². The number of H-pyrrole nitrogens is 1. The third kappa shape index (κ3) is 6.08. The van der Waals surface area contributed by atoms with Gasteiger partial charge < -0.3 is 21.4 Å². The SMILES string of the molecule is N[C@H](Cc1c[nH]c2ccccc12)C(=O)NCCCCCCNc1c2c(nc3cc(Cl)ccc13)CCCC2. The normalized spacial score (nSPS) is 14.0. The quantitative estimate of drug-likeness (QED) is 0.186. The van der Waals surface area contributed by atoms with Crippen LogP contribution in [0.25, 0.3) is 21.8 Å². The zero-order valence-electron chi connectivity index (χ0n) is 21.3. The molecule has 0 fully saturated rings. The summed E-state index contributed by atoms with van der Waals surface area (Å²) in [7, 11) is 0. The highest BCUT2D eigenvalue weighted by atomic mass is 35.5. The number of aryl methyl sites for hydroxylation is 1. The predicted octanol–water partition coefficient (Wildman–Crippen LogP) is 5.91. The predicted molar refractivity (Wildman–Crippen MR) is 153 cm³/mol. The minimum atomic E-state index is -0.542. The first kappa shape index (κ1) is 25.6. The van der Waals surface area contributed by atoms with E-state index in [-0.39, 0.29) is 5.91 Å². The van der Waals surface area contributed by atoms with Crippen LogP contribution >= 0.6 is 11.6 Å². The molecule has 6 nitrogen and oxygen atoms in total. The second kappa shape index (κ2) is 12.0. The number of carbonyl (C=O) groups is 1. The van der Waals surface area contributed by atoms with Crippen molar-refractivity contribution in [2.24, 2.45) is 5.73 Å². The molecule has 5 N–H and O–H groups in total. The van der Waals surface area contributed by atoms with E-state index in [1.54, 1.807) is 0 Å². The van der Waals surface area contributed by atoms with Crippen LogP contribution in [0.15, 0.2) is 48.7 Å². The van der Waals surface area contributed by atoms with Crippen LogP contribution in [-0.2, 0) is 24.1 Å². The fourth-order valence-corrected chi connectivity index (χ4v) is 5.56. The van der Waals surface area contributed by atoms with Gasteiger partial charge in [-0.1, -0.05) is 42.6 Å². The molecule has 0 aliphatic heterocycles. The van der Waals surface area contributed by atoms with E-state index in [1.807, 2.05) is 36.5 Å². The Bertz CT molecular complexity index is 1380. The van der Waals surface area contributed by atoms with Gasteiger partial charge in [0, 0.05) is 52.0 Å². The first-order valence-electron chi connectivity index (χ1n) is 13.5. The molecular formula is C30H36ClN5O. The summed E-state index contributed by atoms with van der Waals surface area (Å²) in [5.74, 6) is -0.0820. The molecule has 2 aromatic heterocycles. The number of nitrogens with zero attached hydrogens (tertiary/aromatic N) is 1. The lowest BCUT2D eigenvalue weighted by atomic mass is 9.92. The van der Waals surface area contributed by atoms with Crippen LogP contribution in [0.4, 0.5) is 5.69 Å². The molecule has 0 saturated heterocycles. The summed E-state index contributed by atoms with van der Waals surface area (Å²) in [5, 5.41) is 9.75. The van der Waals surface area contributed by atoms with Crippen molar-refractivity contribution in [3.8, 4) is 0 Å². The minimum Gasteiger partial charge on any atom is -0.384 e.